The highest BCUT2D eigenvalue weighted by atomic mass is 16.5. The zero-order valence-electron chi connectivity index (χ0n) is 18.0. The standard InChI is InChI=1S/C24H33N3O2/c1-17-7-5-6-14-27(17)22-13-10-19(25)15-21(22)26-23(28)16-29-20-11-8-18(9-12-20)24(2,3)4/h8-13,15,17H,5-7,14,16,25H2,1-4H3,(H,26,28). The van der Waals surface area contributed by atoms with Gasteiger partial charge in [0.2, 0.25) is 0 Å². The summed E-state index contributed by atoms with van der Waals surface area (Å²) in [6.07, 6.45) is 3.57. The van der Waals surface area contributed by atoms with Crippen molar-refractivity contribution in [2.24, 2.45) is 0 Å². The van der Waals surface area contributed by atoms with E-state index in [-0.39, 0.29) is 17.9 Å². The number of carbonyl (C=O) groups excluding carboxylic acids is 1. The number of benzene rings is 2. The third-order valence-electron chi connectivity index (χ3n) is 5.50. The molecule has 0 spiro atoms. The Balaban J connectivity index is 1.65. The summed E-state index contributed by atoms with van der Waals surface area (Å²) in [6.45, 7) is 9.68. The van der Waals surface area contributed by atoms with Crippen LogP contribution in [0.15, 0.2) is 42.5 Å². The summed E-state index contributed by atoms with van der Waals surface area (Å²) in [5, 5.41) is 2.99. The quantitative estimate of drug-likeness (QED) is 0.702. The minimum absolute atomic E-state index is 0.0430. The average Bonchev–Trinajstić information content (AvgIpc) is 2.67. The Morgan fingerprint density at radius 2 is 1.90 bits per heavy atom. The molecule has 1 heterocycles. The molecule has 1 aliphatic heterocycles. The zero-order valence-corrected chi connectivity index (χ0v) is 18.0. The number of nitrogen functional groups attached to an aromatic ring is 1. The fraction of sp³-hybridized carbons (Fsp3) is 0.458. The van der Waals surface area contributed by atoms with E-state index in [4.69, 9.17) is 10.5 Å². The van der Waals surface area contributed by atoms with Crippen molar-refractivity contribution in [1.29, 1.82) is 0 Å². The van der Waals surface area contributed by atoms with Crippen LogP contribution in [-0.4, -0.2) is 25.1 Å². The smallest absolute Gasteiger partial charge is 0.262 e. The highest BCUT2D eigenvalue weighted by Crippen LogP contribution is 2.33. The number of nitrogens with one attached hydrogen (secondary N) is 1. The molecule has 0 aromatic heterocycles. The molecule has 3 N–H and O–H groups in total. The first-order valence-electron chi connectivity index (χ1n) is 10.4. The van der Waals surface area contributed by atoms with Crippen molar-refractivity contribution >= 4 is 23.0 Å². The van der Waals surface area contributed by atoms with E-state index in [1.54, 1.807) is 0 Å². The van der Waals surface area contributed by atoms with Crippen LogP contribution in [-0.2, 0) is 10.2 Å². The van der Waals surface area contributed by atoms with Gasteiger partial charge in [0.1, 0.15) is 5.75 Å². The van der Waals surface area contributed by atoms with Crippen molar-refractivity contribution < 1.29 is 9.53 Å². The number of amides is 1. The van der Waals surface area contributed by atoms with E-state index in [2.05, 4.69) is 37.9 Å². The van der Waals surface area contributed by atoms with Crippen LogP contribution in [0.1, 0.15) is 52.5 Å². The van der Waals surface area contributed by atoms with Gasteiger partial charge in [-0.25, -0.2) is 0 Å². The highest BCUT2D eigenvalue weighted by molar-refractivity contribution is 5.96. The molecule has 29 heavy (non-hydrogen) atoms. The molecular weight excluding hydrogens is 362 g/mol. The van der Waals surface area contributed by atoms with E-state index >= 15 is 0 Å². The maximum Gasteiger partial charge on any atom is 0.262 e. The summed E-state index contributed by atoms with van der Waals surface area (Å²) >= 11 is 0. The second-order valence-electron chi connectivity index (χ2n) is 8.93. The van der Waals surface area contributed by atoms with Crippen LogP contribution < -0.4 is 20.7 Å². The number of carbonyl (C=O) groups is 1. The number of rotatable bonds is 5. The van der Waals surface area contributed by atoms with Crippen molar-refractivity contribution in [2.75, 3.05) is 29.1 Å². The largest absolute Gasteiger partial charge is 0.484 e. The third-order valence-corrected chi connectivity index (χ3v) is 5.50. The second-order valence-corrected chi connectivity index (χ2v) is 8.93. The van der Waals surface area contributed by atoms with Crippen LogP contribution in [0.2, 0.25) is 0 Å². The van der Waals surface area contributed by atoms with Crippen molar-refractivity contribution in [3.63, 3.8) is 0 Å². The molecule has 2 aromatic rings. The Morgan fingerprint density at radius 1 is 1.17 bits per heavy atom. The maximum absolute atomic E-state index is 12.5. The molecule has 5 heteroatoms. The van der Waals surface area contributed by atoms with Gasteiger partial charge in [0.15, 0.2) is 6.61 Å². The molecule has 1 unspecified atom stereocenters. The SMILES string of the molecule is CC1CCCCN1c1ccc(N)cc1NC(=O)COc1ccc(C(C)(C)C)cc1. The Morgan fingerprint density at radius 3 is 2.55 bits per heavy atom. The molecule has 0 aliphatic carbocycles. The minimum Gasteiger partial charge on any atom is -0.484 e. The number of nitrogens with zero attached hydrogens (tertiary/aromatic N) is 1. The number of hydrogen-bond acceptors (Lipinski definition) is 4. The van der Waals surface area contributed by atoms with Gasteiger partial charge in [0, 0.05) is 18.3 Å². The van der Waals surface area contributed by atoms with Crippen molar-refractivity contribution in [3.05, 3.63) is 48.0 Å². The number of nitrogens with two attached hydrogens (primary N) is 1. The van der Waals surface area contributed by atoms with Gasteiger partial charge in [0.05, 0.1) is 11.4 Å². The molecule has 3 rings (SSSR count). The summed E-state index contributed by atoms with van der Waals surface area (Å²) < 4.78 is 5.69. The molecule has 0 bridgehead atoms. The van der Waals surface area contributed by atoms with E-state index in [1.807, 2.05) is 42.5 Å². The fourth-order valence-electron chi connectivity index (χ4n) is 3.75. The Labute approximate surface area is 174 Å². The lowest BCUT2D eigenvalue weighted by Crippen LogP contribution is -2.38. The minimum atomic E-state index is -0.193. The van der Waals surface area contributed by atoms with Crippen LogP contribution in [0.3, 0.4) is 0 Å². The van der Waals surface area contributed by atoms with Crippen LogP contribution in [0, 0.1) is 0 Å². The van der Waals surface area contributed by atoms with Gasteiger partial charge in [0.25, 0.3) is 5.91 Å². The molecule has 1 fully saturated rings. The Bertz CT molecular complexity index is 840. The van der Waals surface area contributed by atoms with Gasteiger partial charge >= 0.3 is 0 Å². The lowest BCUT2D eigenvalue weighted by molar-refractivity contribution is -0.118. The number of hydrogen-bond donors (Lipinski definition) is 2. The van der Waals surface area contributed by atoms with E-state index < -0.39 is 0 Å². The zero-order chi connectivity index (χ0) is 21.0. The molecule has 0 radical (unpaired) electrons. The highest BCUT2D eigenvalue weighted by Gasteiger charge is 2.22. The van der Waals surface area contributed by atoms with Gasteiger partial charge in [-0.05, 0) is 67.5 Å². The van der Waals surface area contributed by atoms with Gasteiger partial charge < -0.3 is 20.7 Å². The van der Waals surface area contributed by atoms with Crippen LogP contribution >= 0.6 is 0 Å². The first-order chi connectivity index (χ1) is 13.7. The van der Waals surface area contributed by atoms with Crippen LogP contribution in [0.4, 0.5) is 17.1 Å². The molecule has 1 aliphatic rings. The normalized spacial score (nSPS) is 17.1. The maximum atomic E-state index is 12.5. The fourth-order valence-corrected chi connectivity index (χ4v) is 3.75. The second kappa shape index (κ2) is 8.76. The van der Waals surface area contributed by atoms with E-state index in [9.17, 15) is 4.79 Å². The first kappa shape index (κ1) is 21.0. The summed E-state index contributed by atoms with van der Waals surface area (Å²) in [7, 11) is 0. The van der Waals surface area contributed by atoms with E-state index in [1.165, 1.54) is 12.0 Å². The van der Waals surface area contributed by atoms with Crippen LogP contribution in [0.5, 0.6) is 5.75 Å². The molecule has 0 saturated carbocycles. The van der Waals surface area contributed by atoms with Crippen molar-refractivity contribution in [1.82, 2.24) is 0 Å². The topological polar surface area (TPSA) is 67.6 Å². The van der Waals surface area contributed by atoms with Crippen LogP contribution in [0.25, 0.3) is 0 Å². The third kappa shape index (κ3) is 5.43. The van der Waals surface area contributed by atoms with Gasteiger partial charge in [-0.2, -0.15) is 0 Å². The lowest BCUT2D eigenvalue weighted by Gasteiger charge is -2.36. The number of anilines is 3. The van der Waals surface area contributed by atoms with Gasteiger partial charge in [-0.1, -0.05) is 32.9 Å². The summed E-state index contributed by atoms with van der Waals surface area (Å²) in [5.74, 6) is 0.493. The summed E-state index contributed by atoms with van der Waals surface area (Å²) in [4.78, 5) is 14.9. The molecule has 1 saturated heterocycles. The van der Waals surface area contributed by atoms with Crippen molar-refractivity contribution in [3.8, 4) is 5.75 Å². The molecule has 1 atom stereocenters. The summed E-state index contributed by atoms with van der Waals surface area (Å²) in [6, 6.07) is 14.1. The molecule has 1 amide bonds. The number of piperidine rings is 1. The van der Waals surface area contributed by atoms with E-state index in [0.717, 1.165) is 30.8 Å². The molecule has 5 nitrogen and oxygen atoms in total. The predicted molar refractivity (Wildman–Crippen MR) is 121 cm³/mol. The van der Waals surface area contributed by atoms with Gasteiger partial charge in [-0.3, -0.25) is 4.79 Å². The monoisotopic (exact) mass is 395 g/mol. The first-order valence-corrected chi connectivity index (χ1v) is 10.4. The predicted octanol–water partition coefficient (Wildman–Crippen LogP) is 4.96. The number of ether oxygens (including phenoxy) is 1. The Kier molecular flexibility index (Phi) is 6.36. The lowest BCUT2D eigenvalue weighted by atomic mass is 9.87. The van der Waals surface area contributed by atoms with E-state index in [0.29, 0.717) is 17.5 Å². The molecule has 156 valence electrons. The Hall–Kier alpha value is -2.69. The molecule has 2 aromatic carbocycles. The van der Waals surface area contributed by atoms with Gasteiger partial charge in [-0.15, -0.1) is 0 Å². The van der Waals surface area contributed by atoms with Crippen molar-refractivity contribution in [2.45, 2.75) is 58.4 Å². The summed E-state index contributed by atoms with van der Waals surface area (Å²) in [5.41, 5.74) is 9.70. The average molecular weight is 396 g/mol. The molecular formula is C24H33N3O2.